The van der Waals surface area contributed by atoms with Gasteiger partial charge in [0.2, 0.25) is 0 Å². The molecule has 0 radical (unpaired) electrons. The highest BCUT2D eigenvalue weighted by Gasteiger charge is 2.49. The molecule has 2 fully saturated rings. The van der Waals surface area contributed by atoms with Crippen LogP contribution in [0.15, 0.2) is 12.2 Å². The second-order valence-corrected chi connectivity index (χ2v) is 5.25. The normalized spacial score (nSPS) is 40.0. The Morgan fingerprint density at radius 3 is 2.64 bits per heavy atom. The fourth-order valence-electron chi connectivity index (χ4n) is 3.74. The molecule has 0 aromatic rings. The summed E-state index contributed by atoms with van der Waals surface area (Å²) in [5.41, 5.74) is 0.313. The summed E-state index contributed by atoms with van der Waals surface area (Å²) in [5.74, 6) is 1.70. The maximum absolute atomic E-state index is 6.19. The first-order valence-corrected chi connectivity index (χ1v) is 6.20. The van der Waals surface area contributed by atoms with Gasteiger partial charge in [-0.1, -0.05) is 31.4 Å². The molecule has 0 amide bonds. The SMILES string of the molecule is C1=CC[C@H]2[C@@H](C1)COC21CCCCC1. The fraction of sp³-hybridized carbons (Fsp3) is 0.846. The summed E-state index contributed by atoms with van der Waals surface area (Å²) in [6, 6.07) is 0. The summed E-state index contributed by atoms with van der Waals surface area (Å²) in [5, 5.41) is 0. The largest absolute Gasteiger partial charge is 0.374 e. The van der Waals surface area contributed by atoms with Crippen molar-refractivity contribution in [3.8, 4) is 0 Å². The van der Waals surface area contributed by atoms with Crippen LogP contribution >= 0.6 is 0 Å². The Bertz CT molecular complexity index is 238. The third-order valence-corrected chi connectivity index (χ3v) is 4.53. The Morgan fingerprint density at radius 2 is 1.79 bits per heavy atom. The highest BCUT2D eigenvalue weighted by atomic mass is 16.5. The lowest BCUT2D eigenvalue weighted by Gasteiger charge is -2.39. The second-order valence-electron chi connectivity index (χ2n) is 5.25. The van der Waals surface area contributed by atoms with Crippen LogP contribution in [-0.4, -0.2) is 12.2 Å². The Kier molecular flexibility index (Phi) is 2.16. The molecule has 1 spiro atoms. The summed E-state index contributed by atoms with van der Waals surface area (Å²) in [4.78, 5) is 0. The van der Waals surface area contributed by atoms with E-state index in [0.717, 1.165) is 18.4 Å². The Labute approximate surface area is 86.5 Å². The Balaban J connectivity index is 1.82. The van der Waals surface area contributed by atoms with Crippen molar-refractivity contribution in [3.05, 3.63) is 12.2 Å². The van der Waals surface area contributed by atoms with Crippen LogP contribution in [-0.2, 0) is 4.74 Å². The highest BCUT2D eigenvalue weighted by Crippen LogP contribution is 2.49. The van der Waals surface area contributed by atoms with Crippen LogP contribution in [0.1, 0.15) is 44.9 Å². The molecule has 0 N–H and O–H groups in total. The van der Waals surface area contributed by atoms with E-state index in [0.29, 0.717) is 5.60 Å². The minimum atomic E-state index is 0.313. The summed E-state index contributed by atoms with van der Waals surface area (Å²) < 4.78 is 6.19. The highest BCUT2D eigenvalue weighted by molar-refractivity contribution is 5.06. The van der Waals surface area contributed by atoms with E-state index < -0.39 is 0 Å². The van der Waals surface area contributed by atoms with Crippen LogP contribution in [0.2, 0.25) is 0 Å². The smallest absolute Gasteiger partial charge is 0.0717 e. The first-order chi connectivity index (χ1) is 6.91. The van der Waals surface area contributed by atoms with Gasteiger partial charge in [-0.2, -0.15) is 0 Å². The number of hydrogen-bond donors (Lipinski definition) is 0. The van der Waals surface area contributed by atoms with Crippen molar-refractivity contribution in [2.75, 3.05) is 6.61 Å². The molecule has 1 aliphatic heterocycles. The van der Waals surface area contributed by atoms with Crippen molar-refractivity contribution >= 4 is 0 Å². The van der Waals surface area contributed by atoms with Crippen LogP contribution in [0.3, 0.4) is 0 Å². The minimum Gasteiger partial charge on any atom is -0.374 e. The average molecular weight is 192 g/mol. The van der Waals surface area contributed by atoms with Crippen molar-refractivity contribution in [3.63, 3.8) is 0 Å². The van der Waals surface area contributed by atoms with Crippen LogP contribution in [0.5, 0.6) is 0 Å². The van der Waals surface area contributed by atoms with Gasteiger partial charge in [0.05, 0.1) is 12.2 Å². The van der Waals surface area contributed by atoms with E-state index in [-0.39, 0.29) is 0 Å². The van der Waals surface area contributed by atoms with E-state index in [2.05, 4.69) is 12.2 Å². The predicted molar refractivity (Wildman–Crippen MR) is 57.1 cm³/mol. The zero-order chi connectivity index (χ0) is 9.43. The van der Waals surface area contributed by atoms with Gasteiger partial charge in [-0.25, -0.2) is 0 Å². The topological polar surface area (TPSA) is 9.23 Å². The van der Waals surface area contributed by atoms with Gasteiger partial charge in [0, 0.05) is 0 Å². The van der Waals surface area contributed by atoms with Gasteiger partial charge >= 0.3 is 0 Å². The second kappa shape index (κ2) is 3.37. The molecule has 0 aromatic heterocycles. The number of hydrogen-bond acceptors (Lipinski definition) is 1. The molecule has 1 heterocycles. The third kappa shape index (κ3) is 1.25. The molecule has 2 atom stereocenters. The van der Waals surface area contributed by atoms with Crippen molar-refractivity contribution in [2.45, 2.75) is 50.5 Å². The molecule has 3 rings (SSSR count). The number of allylic oxidation sites excluding steroid dienone is 2. The Morgan fingerprint density at radius 1 is 1.00 bits per heavy atom. The molecule has 2 aliphatic carbocycles. The molecular weight excluding hydrogens is 172 g/mol. The van der Waals surface area contributed by atoms with Gasteiger partial charge in [-0.3, -0.25) is 0 Å². The van der Waals surface area contributed by atoms with Crippen LogP contribution < -0.4 is 0 Å². The zero-order valence-corrected chi connectivity index (χ0v) is 8.87. The number of rotatable bonds is 0. The van der Waals surface area contributed by atoms with Gasteiger partial charge in [-0.15, -0.1) is 0 Å². The van der Waals surface area contributed by atoms with E-state index in [9.17, 15) is 0 Å². The molecular formula is C13H20O. The molecule has 1 saturated heterocycles. The lowest BCUT2D eigenvalue weighted by atomic mass is 9.69. The van der Waals surface area contributed by atoms with Gasteiger partial charge in [0.25, 0.3) is 0 Å². The molecule has 1 heteroatoms. The van der Waals surface area contributed by atoms with Gasteiger partial charge in [0.15, 0.2) is 0 Å². The molecule has 78 valence electrons. The standard InChI is InChI=1S/C13H20O/c1-4-8-13(9-5-1)12-7-3-2-6-11(12)10-14-13/h2-3,11-12H,1,4-10H2/t11-,12-/m0/s1. The molecule has 0 bridgehead atoms. The fourth-order valence-corrected chi connectivity index (χ4v) is 3.74. The first-order valence-electron chi connectivity index (χ1n) is 6.20. The summed E-state index contributed by atoms with van der Waals surface area (Å²) >= 11 is 0. The molecule has 0 aromatic carbocycles. The predicted octanol–water partition coefficient (Wildman–Crippen LogP) is 3.30. The quantitative estimate of drug-likeness (QED) is 0.535. The summed E-state index contributed by atoms with van der Waals surface area (Å²) in [7, 11) is 0. The van der Waals surface area contributed by atoms with Crippen molar-refractivity contribution < 1.29 is 4.74 Å². The van der Waals surface area contributed by atoms with E-state index >= 15 is 0 Å². The van der Waals surface area contributed by atoms with E-state index in [1.165, 1.54) is 44.9 Å². The number of ether oxygens (including phenoxy) is 1. The first kappa shape index (κ1) is 8.96. The van der Waals surface area contributed by atoms with Crippen LogP contribution in [0.4, 0.5) is 0 Å². The maximum atomic E-state index is 6.19. The Hall–Kier alpha value is -0.300. The average Bonchev–Trinajstić information content (AvgIpc) is 2.60. The van der Waals surface area contributed by atoms with Crippen molar-refractivity contribution in [2.24, 2.45) is 11.8 Å². The molecule has 3 aliphatic rings. The van der Waals surface area contributed by atoms with E-state index in [4.69, 9.17) is 4.74 Å². The summed E-state index contributed by atoms with van der Waals surface area (Å²) in [6.45, 7) is 1.04. The lowest BCUT2D eigenvalue weighted by molar-refractivity contribution is -0.0492. The van der Waals surface area contributed by atoms with Gasteiger partial charge < -0.3 is 4.74 Å². The molecule has 0 unspecified atom stereocenters. The number of fused-ring (bicyclic) bond motifs is 2. The van der Waals surface area contributed by atoms with Crippen molar-refractivity contribution in [1.82, 2.24) is 0 Å². The van der Waals surface area contributed by atoms with Gasteiger partial charge in [-0.05, 0) is 37.5 Å². The molecule has 1 nitrogen and oxygen atoms in total. The molecule has 1 saturated carbocycles. The van der Waals surface area contributed by atoms with Crippen molar-refractivity contribution in [1.29, 1.82) is 0 Å². The zero-order valence-electron chi connectivity index (χ0n) is 8.87. The van der Waals surface area contributed by atoms with E-state index in [1.807, 2.05) is 0 Å². The lowest BCUT2D eigenvalue weighted by Crippen LogP contribution is -2.39. The molecule has 14 heavy (non-hydrogen) atoms. The van der Waals surface area contributed by atoms with Crippen LogP contribution in [0.25, 0.3) is 0 Å². The minimum absolute atomic E-state index is 0.313. The van der Waals surface area contributed by atoms with Gasteiger partial charge in [0.1, 0.15) is 0 Å². The third-order valence-electron chi connectivity index (χ3n) is 4.53. The van der Waals surface area contributed by atoms with E-state index in [1.54, 1.807) is 0 Å². The maximum Gasteiger partial charge on any atom is 0.0717 e. The monoisotopic (exact) mass is 192 g/mol. The summed E-state index contributed by atoms with van der Waals surface area (Å²) in [6.07, 6.45) is 14.2. The van der Waals surface area contributed by atoms with Crippen LogP contribution in [0, 0.1) is 11.8 Å².